The van der Waals surface area contributed by atoms with Crippen molar-refractivity contribution < 1.29 is 9.18 Å². The molecule has 3 nitrogen and oxygen atoms in total. The highest BCUT2D eigenvalue weighted by Crippen LogP contribution is 2.24. The van der Waals surface area contributed by atoms with E-state index in [2.05, 4.69) is 26.2 Å². The standard InChI is InChI=1S/C16H9BrClFN2O/c17-10-3-4-14(13(19)7-10)21-16(22)12-8-11(18)6-9-2-1-5-20-15(9)12/h1-8H,(H,21,22). The number of amides is 1. The van der Waals surface area contributed by atoms with Gasteiger partial charge in [0.15, 0.2) is 0 Å². The van der Waals surface area contributed by atoms with Gasteiger partial charge in [0.05, 0.1) is 16.8 Å². The molecule has 1 N–H and O–H groups in total. The van der Waals surface area contributed by atoms with Gasteiger partial charge in [0.2, 0.25) is 0 Å². The fourth-order valence-electron chi connectivity index (χ4n) is 2.11. The molecule has 0 bridgehead atoms. The molecular weight excluding hydrogens is 371 g/mol. The molecule has 22 heavy (non-hydrogen) atoms. The molecule has 1 aromatic heterocycles. The third kappa shape index (κ3) is 2.96. The topological polar surface area (TPSA) is 42.0 Å². The molecule has 0 saturated heterocycles. The van der Waals surface area contributed by atoms with Gasteiger partial charge in [-0.2, -0.15) is 0 Å². The van der Waals surface area contributed by atoms with Crippen molar-refractivity contribution >= 4 is 50.0 Å². The summed E-state index contributed by atoms with van der Waals surface area (Å²) in [6.45, 7) is 0. The molecule has 0 radical (unpaired) electrons. The molecule has 1 heterocycles. The van der Waals surface area contributed by atoms with Crippen molar-refractivity contribution in [2.75, 3.05) is 5.32 Å². The second-order valence-corrected chi connectivity index (χ2v) is 5.96. The third-order valence-corrected chi connectivity index (χ3v) is 3.81. The van der Waals surface area contributed by atoms with Gasteiger partial charge in [-0.15, -0.1) is 0 Å². The number of pyridine rings is 1. The largest absolute Gasteiger partial charge is 0.319 e. The Kier molecular flexibility index (Phi) is 4.09. The summed E-state index contributed by atoms with van der Waals surface area (Å²) in [6.07, 6.45) is 1.59. The average molecular weight is 380 g/mol. The van der Waals surface area contributed by atoms with Crippen molar-refractivity contribution in [2.24, 2.45) is 0 Å². The van der Waals surface area contributed by atoms with Gasteiger partial charge in [0.1, 0.15) is 5.82 Å². The number of nitrogens with one attached hydrogen (secondary N) is 1. The van der Waals surface area contributed by atoms with E-state index in [0.717, 1.165) is 5.39 Å². The van der Waals surface area contributed by atoms with Crippen LogP contribution in [0.3, 0.4) is 0 Å². The maximum absolute atomic E-state index is 13.8. The molecule has 2 aromatic carbocycles. The first-order valence-electron chi connectivity index (χ1n) is 6.35. The number of benzene rings is 2. The second-order valence-electron chi connectivity index (χ2n) is 4.61. The number of rotatable bonds is 2. The van der Waals surface area contributed by atoms with Gasteiger partial charge in [0.25, 0.3) is 5.91 Å². The van der Waals surface area contributed by atoms with Gasteiger partial charge in [-0.25, -0.2) is 4.39 Å². The van der Waals surface area contributed by atoms with E-state index in [9.17, 15) is 9.18 Å². The second kappa shape index (κ2) is 6.02. The summed E-state index contributed by atoms with van der Waals surface area (Å²) in [5.41, 5.74) is 0.907. The number of anilines is 1. The predicted octanol–water partition coefficient (Wildman–Crippen LogP) is 5.04. The third-order valence-electron chi connectivity index (χ3n) is 3.09. The SMILES string of the molecule is O=C(Nc1ccc(Br)cc1F)c1cc(Cl)cc2cccnc12. The maximum Gasteiger partial charge on any atom is 0.258 e. The fourth-order valence-corrected chi connectivity index (χ4v) is 2.67. The van der Waals surface area contributed by atoms with E-state index >= 15 is 0 Å². The minimum atomic E-state index is -0.526. The van der Waals surface area contributed by atoms with E-state index < -0.39 is 11.7 Å². The zero-order valence-corrected chi connectivity index (χ0v) is 13.5. The Balaban J connectivity index is 2.02. The van der Waals surface area contributed by atoms with E-state index in [1.807, 2.05) is 6.07 Å². The highest BCUT2D eigenvalue weighted by atomic mass is 79.9. The molecule has 3 aromatic rings. The van der Waals surface area contributed by atoms with Crippen LogP contribution in [0, 0.1) is 5.82 Å². The Morgan fingerprint density at radius 1 is 1.23 bits per heavy atom. The Bertz CT molecular complexity index is 885. The van der Waals surface area contributed by atoms with Gasteiger partial charge in [-0.1, -0.05) is 33.6 Å². The zero-order valence-electron chi connectivity index (χ0n) is 11.1. The van der Waals surface area contributed by atoms with Gasteiger partial charge in [-0.05, 0) is 36.4 Å². The number of fused-ring (bicyclic) bond motifs is 1. The number of hydrogen-bond acceptors (Lipinski definition) is 2. The van der Waals surface area contributed by atoms with Crippen molar-refractivity contribution in [1.82, 2.24) is 4.98 Å². The summed E-state index contributed by atoms with van der Waals surface area (Å²) >= 11 is 9.20. The van der Waals surface area contributed by atoms with Crippen LogP contribution in [-0.2, 0) is 0 Å². The van der Waals surface area contributed by atoms with Crippen molar-refractivity contribution in [3.8, 4) is 0 Å². The number of hydrogen-bond donors (Lipinski definition) is 1. The van der Waals surface area contributed by atoms with E-state index in [4.69, 9.17) is 11.6 Å². The summed E-state index contributed by atoms with van der Waals surface area (Å²) in [4.78, 5) is 16.6. The lowest BCUT2D eigenvalue weighted by Crippen LogP contribution is -2.14. The van der Waals surface area contributed by atoms with E-state index in [0.29, 0.717) is 20.6 Å². The molecule has 0 aliphatic rings. The average Bonchev–Trinajstić information content (AvgIpc) is 2.49. The minimum Gasteiger partial charge on any atom is -0.319 e. The van der Waals surface area contributed by atoms with Crippen LogP contribution in [-0.4, -0.2) is 10.9 Å². The quantitative estimate of drug-likeness (QED) is 0.677. The van der Waals surface area contributed by atoms with Gasteiger partial charge in [-0.3, -0.25) is 9.78 Å². The van der Waals surface area contributed by atoms with E-state index in [1.165, 1.54) is 18.2 Å². The Labute approximate surface area is 139 Å². The van der Waals surface area contributed by atoms with Gasteiger partial charge in [0, 0.05) is 21.1 Å². The molecule has 0 unspecified atom stereocenters. The van der Waals surface area contributed by atoms with Crippen LogP contribution < -0.4 is 5.32 Å². The lowest BCUT2D eigenvalue weighted by Gasteiger charge is -2.09. The Morgan fingerprint density at radius 3 is 2.82 bits per heavy atom. The molecule has 0 aliphatic heterocycles. The monoisotopic (exact) mass is 378 g/mol. The number of carbonyl (C=O) groups is 1. The number of halogens is 3. The van der Waals surface area contributed by atoms with Crippen LogP contribution >= 0.6 is 27.5 Å². The molecule has 3 rings (SSSR count). The number of carbonyl (C=O) groups excluding carboxylic acids is 1. The predicted molar refractivity (Wildman–Crippen MR) is 88.8 cm³/mol. The molecule has 0 saturated carbocycles. The van der Waals surface area contributed by atoms with Crippen LogP contribution in [0.4, 0.5) is 10.1 Å². The molecule has 0 aliphatic carbocycles. The Hall–Kier alpha value is -1.98. The summed E-state index contributed by atoms with van der Waals surface area (Å²) in [5, 5.41) is 3.70. The highest BCUT2D eigenvalue weighted by Gasteiger charge is 2.14. The van der Waals surface area contributed by atoms with E-state index in [-0.39, 0.29) is 5.69 Å². The molecular formula is C16H9BrClFN2O. The summed E-state index contributed by atoms with van der Waals surface area (Å²) in [5.74, 6) is -0.991. The lowest BCUT2D eigenvalue weighted by atomic mass is 10.1. The van der Waals surface area contributed by atoms with Crippen molar-refractivity contribution in [3.05, 3.63) is 69.5 Å². The summed E-state index contributed by atoms with van der Waals surface area (Å²) in [7, 11) is 0. The molecule has 110 valence electrons. The highest BCUT2D eigenvalue weighted by molar-refractivity contribution is 9.10. The van der Waals surface area contributed by atoms with Crippen LogP contribution in [0.5, 0.6) is 0 Å². The van der Waals surface area contributed by atoms with Gasteiger partial charge >= 0.3 is 0 Å². The van der Waals surface area contributed by atoms with Gasteiger partial charge < -0.3 is 5.32 Å². The first-order chi connectivity index (χ1) is 10.5. The summed E-state index contributed by atoms with van der Waals surface area (Å²) < 4.78 is 14.4. The number of nitrogens with zero attached hydrogens (tertiary/aromatic N) is 1. The number of aromatic nitrogens is 1. The van der Waals surface area contributed by atoms with Crippen LogP contribution in [0.1, 0.15) is 10.4 Å². The first kappa shape index (κ1) is 14.9. The van der Waals surface area contributed by atoms with Crippen molar-refractivity contribution in [1.29, 1.82) is 0 Å². The Morgan fingerprint density at radius 2 is 2.05 bits per heavy atom. The smallest absolute Gasteiger partial charge is 0.258 e. The zero-order chi connectivity index (χ0) is 15.7. The molecule has 1 amide bonds. The fraction of sp³-hybridized carbons (Fsp3) is 0. The first-order valence-corrected chi connectivity index (χ1v) is 7.52. The minimum absolute atomic E-state index is 0.0947. The normalized spacial score (nSPS) is 10.7. The lowest BCUT2D eigenvalue weighted by molar-refractivity contribution is 0.102. The molecule has 0 fully saturated rings. The maximum atomic E-state index is 13.8. The molecule has 6 heteroatoms. The van der Waals surface area contributed by atoms with Crippen molar-refractivity contribution in [3.63, 3.8) is 0 Å². The van der Waals surface area contributed by atoms with E-state index in [1.54, 1.807) is 24.4 Å². The van der Waals surface area contributed by atoms with Crippen LogP contribution in [0.15, 0.2) is 53.1 Å². The van der Waals surface area contributed by atoms with Crippen molar-refractivity contribution in [2.45, 2.75) is 0 Å². The molecule has 0 atom stereocenters. The molecule has 0 spiro atoms. The van der Waals surface area contributed by atoms with Crippen LogP contribution in [0.25, 0.3) is 10.9 Å². The summed E-state index contributed by atoms with van der Waals surface area (Å²) in [6, 6.07) is 11.2. The van der Waals surface area contributed by atoms with Crippen LogP contribution in [0.2, 0.25) is 5.02 Å².